The molecule has 8 heteroatoms. The molecule has 0 saturated carbocycles. The molecule has 2 aromatic rings. The quantitative estimate of drug-likeness (QED) is 0.653. The molecule has 0 unspecified atom stereocenters. The summed E-state index contributed by atoms with van der Waals surface area (Å²) in [4.78, 5) is 16.7. The molecule has 4 rings (SSSR count). The number of carbonyl (C=O) groups is 1. The number of β-lactam (4-membered cyclic amide) rings is 1. The fraction of sp³-hybridized carbons (Fsp3) is 0.435. The Morgan fingerprint density at radius 3 is 2.48 bits per heavy atom. The summed E-state index contributed by atoms with van der Waals surface area (Å²) >= 11 is 0. The van der Waals surface area contributed by atoms with Crippen LogP contribution in [0, 0.1) is 17.5 Å². The van der Waals surface area contributed by atoms with Crippen LogP contribution in [0.5, 0.6) is 5.75 Å². The van der Waals surface area contributed by atoms with E-state index in [0.29, 0.717) is 26.3 Å². The molecule has 2 saturated heterocycles. The molecule has 0 N–H and O–H groups in total. The zero-order chi connectivity index (χ0) is 22.2. The third-order valence-corrected chi connectivity index (χ3v) is 5.94. The van der Waals surface area contributed by atoms with Gasteiger partial charge in [0.2, 0.25) is 6.10 Å². The van der Waals surface area contributed by atoms with E-state index < -0.39 is 41.0 Å². The van der Waals surface area contributed by atoms with Crippen molar-refractivity contribution in [3.8, 4) is 5.75 Å². The molecule has 0 bridgehead atoms. The fourth-order valence-electron chi connectivity index (χ4n) is 4.24. The first-order chi connectivity index (χ1) is 14.8. The van der Waals surface area contributed by atoms with E-state index in [-0.39, 0.29) is 17.9 Å². The molecular weight excluding hydrogens is 409 g/mol. The second-order valence-electron chi connectivity index (χ2n) is 8.46. The molecule has 0 spiro atoms. The molecule has 2 heterocycles. The zero-order valence-electron chi connectivity index (χ0n) is 17.5. The van der Waals surface area contributed by atoms with Crippen LogP contribution in [0.25, 0.3) is 0 Å². The average molecular weight is 434 g/mol. The highest BCUT2D eigenvalue weighted by molar-refractivity contribution is 5.89. The molecular formula is C23H25F3N2O3. The van der Waals surface area contributed by atoms with Crippen molar-refractivity contribution >= 4 is 5.91 Å². The van der Waals surface area contributed by atoms with Crippen molar-refractivity contribution in [3.63, 3.8) is 0 Å². The second kappa shape index (κ2) is 8.51. The van der Waals surface area contributed by atoms with E-state index in [9.17, 15) is 18.0 Å². The highest BCUT2D eigenvalue weighted by atomic mass is 19.1. The standard InChI is InChI=1S/C23H25F3N2O3/c1-23(2,27-9-11-30-12-10-27)14-28-20(16-13-15(24)7-8-17(16)25)21(22(28)29)31-19-6-4-3-5-18(19)26/h3-8,13,20-21H,9-12,14H2,1-2H3/t20-,21-/m0/s1. The Kier molecular flexibility index (Phi) is 5.94. The van der Waals surface area contributed by atoms with Crippen molar-refractivity contribution in [1.82, 2.24) is 9.80 Å². The molecule has 1 amide bonds. The van der Waals surface area contributed by atoms with Crippen LogP contribution in [-0.2, 0) is 9.53 Å². The van der Waals surface area contributed by atoms with Gasteiger partial charge in [0.1, 0.15) is 17.7 Å². The van der Waals surface area contributed by atoms with Gasteiger partial charge in [0, 0.05) is 30.7 Å². The number of ether oxygens (including phenoxy) is 2. The minimum atomic E-state index is -1.14. The Bertz CT molecular complexity index is 963. The maximum absolute atomic E-state index is 14.7. The monoisotopic (exact) mass is 434 g/mol. The van der Waals surface area contributed by atoms with Crippen molar-refractivity contribution < 1.29 is 27.4 Å². The summed E-state index contributed by atoms with van der Waals surface area (Å²) in [5.41, 5.74) is -0.413. The third-order valence-electron chi connectivity index (χ3n) is 5.94. The van der Waals surface area contributed by atoms with E-state index in [1.54, 1.807) is 6.07 Å². The van der Waals surface area contributed by atoms with Gasteiger partial charge in [-0.1, -0.05) is 12.1 Å². The first-order valence-electron chi connectivity index (χ1n) is 10.3. The highest BCUT2D eigenvalue weighted by Crippen LogP contribution is 2.41. The van der Waals surface area contributed by atoms with Crippen LogP contribution in [0.1, 0.15) is 25.5 Å². The summed E-state index contributed by atoms with van der Waals surface area (Å²) in [6.45, 7) is 6.89. The number of amides is 1. The van der Waals surface area contributed by atoms with E-state index in [0.717, 1.165) is 18.2 Å². The zero-order valence-corrected chi connectivity index (χ0v) is 17.5. The van der Waals surface area contributed by atoms with Crippen LogP contribution >= 0.6 is 0 Å². The van der Waals surface area contributed by atoms with Crippen LogP contribution in [0.2, 0.25) is 0 Å². The number of carbonyl (C=O) groups excluding carboxylic acids is 1. The van der Waals surface area contributed by atoms with Crippen LogP contribution < -0.4 is 4.74 Å². The van der Waals surface area contributed by atoms with Gasteiger partial charge in [-0.3, -0.25) is 9.69 Å². The lowest BCUT2D eigenvalue weighted by Gasteiger charge is -2.52. The summed E-state index contributed by atoms with van der Waals surface area (Å²) in [7, 11) is 0. The van der Waals surface area contributed by atoms with E-state index in [1.165, 1.54) is 23.1 Å². The maximum atomic E-state index is 14.7. The molecule has 0 aromatic heterocycles. The Morgan fingerprint density at radius 1 is 1.06 bits per heavy atom. The molecule has 2 fully saturated rings. The van der Waals surface area contributed by atoms with Crippen molar-refractivity contribution in [2.24, 2.45) is 0 Å². The Morgan fingerprint density at radius 2 is 1.77 bits per heavy atom. The van der Waals surface area contributed by atoms with Gasteiger partial charge in [-0.25, -0.2) is 13.2 Å². The van der Waals surface area contributed by atoms with Gasteiger partial charge in [0.05, 0.1) is 13.2 Å². The first-order valence-corrected chi connectivity index (χ1v) is 10.3. The molecule has 2 aliphatic rings. The lowest BCUT2D eigenvalue weighted by Crippen LogP contribution is -2.66. The smallest absolute Gasteiger partial charge is 0.266 e. The number of hydrogen-bond acceptors (Lipinski definition) is 4. The van der Waals surface area contributed by atoms with Crippen molar-refractivity contribution in [2.75, 3.05) is 32.8 Å². The summed E-state index contributed by atoms with van der Waals surface area (Å²) in [5, 5.41) is 0. The van der Waals surface area contributed by atoms with Crippen molar-refractivity contribution in [1.29, 1.82) is 0 Å². The summed E-state index contributed by atoms with van der Waals surface area (Å²) < 4.78 is 53.8. The number of rotatable bonds is 6. The second-order valence-corrected chi connectivity index (χ2v) is 8.46. The van der Waals surface area contributed by atoms with Crippen molar-refractivity contribution in [2.45, 2.75) is 31.5 Å². The summed E-state index contributed by atoms with van der Waals surface area (Å²) in [6, 6.07) is 7.95. The van der Waals surface area contributed by atoms with E-state index >= 15 is 0 Å². The minimum Gasteiger partial charge on any atom is -0.475 e. The number of morpholine rings is 1. The van der Waals surface area contributed by atoms with E-state index in [1.807, 2.05) is 13.8 Å². The van der Waals surface area contributed by atoms with Crippen LogP contribution in [0.4, 0.5) is 13.2 Å². The Labute approximate surface area is 179 Å². The van der Waals surface area contributed by atoms with E-state index in [2.05, 4.69) is 4.90 Å². The molecule has 31 heavy (non-hydrogen) atoms. The Hall–Kier alpha value is -2.58. The molecule has 166 valence electrons. The topological polar surface area (TPSA) is 42.0 Å². The predicted octanol–water partition coefficient (Wildman–Crippen LogP) is 3.55. The number of benzene rings is 2. The minimum absolute atomic E-state index is 0.0127. The lowest BCUT2D eigenvalue weighted by molar-refractivity contribution is -0.168. The number of hydrogen-bond donors (Lipinski definition) is 0. The third kappa shape index (κ3) is 4.27. The van der Waals surface area contributed by atoms with Gasteiger partial charge in [-0.05, 0) is 44.2 Å². The average Bonchev–Trinajstić information content (AvgIpc) is 2.76. The molecule has 0 radical (unpaired) electrons. The van der Waals surface area contributed by atoms with Gasteiger partial charge in [-0.15, -0.1) is 0 Å². The number of likely N-dealkylation sites (tertiary alicyclic amines) is 1. The number of nitrogens with zero attached hydrogens (tertiary/aromatic N) is 2. The molecule has 2 atom stereocenters. The summed E-state index contributed by atoms with van der Waals surface area (Å²) in [5.74, 6) is -2.38. The first kappa shape index (κ1) is 21.6. The van der Waals surface area contributed by atoms with E-state index in [4.69, 9.17) is 9.47 Å². The molecule has 5 nitrogen and oxygen atoms in total. The Balaban J connectivity index is 1.63. The predicted molar refractivity (Wildman–Crippen MR) is 108 cm³/mol. The molecule has 2 aliphatic heterocycles. The van der Waals surface area contributed by atoms with Gasteiger partial charge in [-0.2, -0.15) is 0 Å². The van der Waals surface area contributed by atoms with Gasteiger partial charge in [0.15, 0.2) is 11.6 Å². The van der Waals surface area contributed by atoms with Gasteiger partial charge in [0.25, 0.3) is 5.91 Å². The van der Waals surface area contributed by atoms with Gasteiger partial charge >= 0.3 is 0 Å². The fourth-order valence-corrected chi connectivity index (χ4v) is 4.24. The lowest BCUT2D eigenvalue weighted by atomic mass is 9.87. The summed E-state index contributed by atoms with van der Waals surface area (Å²) in [6.07, 6.45) is -1.14. The largest absolute Gasteiger partial charge is 0.475 e. The SMILES string of the molecule is CC(C)(CN1C(=O)[C@@H](Oc2ccccc2F)[C@@H]1c1cc(F)ccc1F)N1CCOCC1. The van der Waals surface area contributed by atoms with Crippen molar-refractivity contribution in [3.05, 3.63) is 65.5 Å². The normalized spacial score (nSPS) is 22.4. The van der Waals surface area contributed by atoms with Gasteiger partial charge < -0.3 is 14.4 Å². The number of para-hydroxylation sites is 1. The van der Waals surface area contributed by atoms with Crippen LogP contribution in [0.3, 0.4) is 0 Å². The number of halogens is 3. The van der Waals surface area contributed by atoms with Crippen LogP contribution in [-0.4, -0.2) is 60.2 Å². The van der Waals surface area contributed by atoms with Crippen LogP contribution in [0.15, 0.2) is 42.5 Å². The maximum Gasteiger partial charge on any atom is 0.266 e. The highest BCUT2D eigenvalue weighted by Gasteiger charge is 2.53. The molecule has 2 aromatic carbocycles. The molecule has 0 aliphatic carbocycles.